The third-order valence-corrected chi connectivity index (χ3v) is 6.62. The molecular weight excluding hydrogens is 450 g/mol. The highest BCUT2D eigenvalue weighted by Crippen LogP contribution is 2.41. The van der Waals surface area contributed by atoms with Crippen LogP contribution < -0.4 is 14.8 Å². The molecule has 1 N–H and O–H groups in total. The lowest BCUT2D eigenvalue weighted by Gasteiger charge is -2.31. The smallest absolute Gasteiger partial charge is 0.248 e. The number of hydrogen-bond donors (Lipinski definition) is 1. The van der Waals surface area contributed by atoms with Crippen molar-refractivity contribution in [2.75, 3.05) is 19.5 Å². The Morgan fingerprint density at radius 3 is 2.53 bits per heavy atom. The number of anilines is 1. The predicted octanol–water partition coefficient (Wildman–Crippen LogP) is 4.97. The van der Waals surface area contributed by atoms with Crippen LogP contribution in [0.3, 0.4) is 0 Å². The number of aromatic nitrogens is 3. The minimum Gasteiger partial charge on any atom is -0.497 e. The fraction of sp³-hybridized carbons (Fsp3) is 0.200. The number of fused-ring (bicyclic) bond motifs is 1. The van der Waals surface area contributed by atoms with Crippen molar-refractivity contribution >= 4 is 34.6 Å². The molecule has 2 aromatic heterocycles. The van der Waals surface area contributed by atoms with Crippen molar-refractivity contribution in [2.24, 2.45) is 10.9 Å². The molecule has 4 aromatic rings. The summed E-state index contributed by atoms with van der Waals surface area (Å²) in [5, 5.41) is 9.78. The topological polar surface area (TPSA) is 90.6 Å². The van der Waals surface area contributed by atoms with Crippen molar-refractivity contribution in [1.82, 2.24) is 14.8 Å². The molecule has 0 bridgehead atoms. The maximum Gasteiger partial charge on any atom is 0.248 e. The number of para-hydroxylation sites is 1. The highest BCUT2D eigenvalue weighted by Gasteiger charge is 2.40. The summed E-state index contributed by atoms with van der Waals surface area (Å²) >= 11 is 1.56. The monoisotopic (exact) mass is 473 g/mol. The van der Waals surface area contributed by atoms with Gasteiger partial charge in [-0.25, -0.2) is 9.67 Å². The summed E-state index contributed by atoms with van der Waals surface area (Å²) in [4.78, 5) is 23.9. The quantitative estimate of drug-likeness (QED) is 0.427. The van der Waals surface area contributed by atoms with Gasteiger partial charge < -0.3 is 14.8 Å². The first-order valence-corrected chi connectivity index (χ1v) is 11.6. The molecule has 5 rings (SSSR count). The van der Waals surface area contributed by atoms with Crippen LogP contribution in [0.5, 0.6) is 11.5 Å². The molecular formula is C25H23N5O3S. The Bertz CT molecular complexity index is 1350. The Morgan fingerprint density at radius 1 is 1.03 bits per heavy atom. The molecule has 0 radical (unpaired) electrons. The average Bonchev–Trinajstić information content (AvgIpc) is 3.53. The molecule has 172 valence electrons. The van der Waals surface area contributed by atoms with E-state index in [1.165, 1.54) is 0 Å². The van der Waals surface area contributed by atoms with Gasteiger partial charge >= 0.3 is 0 Å². The number of rotatable bonds is 6. The van der Waals surface area contributed by atoms with E-state index in [9.17, 15) is 4.79 Å². The molecule has 2 aromatic carbocycles. The molecule has 0 spiro atoms. The molecule has 0 aliphatic carbocycles. The van der Waals surface area contributed by atoms with E-state index in [4.69, 9.17) is 14.6 Å². The number of thiophene rings is 1. The second kappa shape index (κ2) is 9.11. The van der Waals surface area contributed by atoms with Gasteiger partial charge in [-0.2, -0.15) is 4.98 Å². The van der Waals surface area contributed by atoms with Crippen LogP contribution in [-0.4, -0.2) is 40.6 Å². The average molecular weight is 474 g/mol. The SMILES string of the molecule is COc1ccc(NC(=O)C2C(C)=Nc3nc(-c4cccs4)nn3C2c2ccccc2OC)cc1. The zero-order chi connectivity index (χ0) is 23.7. The molecule has 9 heteroatoms. The lowest BCUT2D eigenvalue weighted by atomic mass is 9.87. The summed E-state index contributed by atoms with van der Waals surface area (Å²) in [5.41, 5.74) is 2.15. The molecule has 2 unspecified atom stereocenters. The van der Waals surface area contributed by atoms with Crippen molar-refractivity contribution < 1.29 is 14.3 Å². The van der Waals surface area contributed by atoms with Crippen LogP contribution in [0.1, 0.15) is 18.5 Å². The Balaban J connectivity index is 1.59. The van der Waals surface area contributed by atoms with E-state index < -0.39 is 12.0 Å². The maximum atomic E-state index is 13.6. The first kappa shape index (κ1) is 21.8. The zero-order valence-electron chi connectivity index (χ0n) is 18.9. The predicted molar refractivity (Wildman–Crippen MR) is 132 cm³/mol. The van der Waals surface area contributed by atoms with Gasteiger partial charge in [0.05, 0.1) is 19.1 Å². The largest absolute Gasteiger partial charge is 0.497 e. The normalized spacial score (nSPS) is 17.0. The van der Waals surface area contributed by atoms with Gasteiger partial charge in [-0.3, -0.25) is 4.79 Å². The molecule has 1 aliphatic rings. The summed E-state index contributed by atoms with van der Waals surface area (Å²) in [6.07, 6.45) is 0. The fourth-order valence-electron chi connectivity index (χ4n) is 4.13. The van der Waals surface area contributed by atoms with Gasteiger partial charge in [0.2, 0.25) is 11.9 Å². The maximum absolute atomic E-state index is 13.6. The Kier molecular flexibility index (Phi) is 5.85. The lowest BCUT2D eigenvalue weighted by molar-refractivity contribution is -0.118. The van der Waals surface area contributed by atoms with Gasteiger partial charge in [-0.05, 0) is 48.7 Å². The highest BCUT2D eigenvalue weighted by atomic mass is 32.1. The van der Waals surface area contributed by atoms with Gasteiger partial charge in [0, 0.05) is 17.0 Å². The lowest BCUT2D eigenvalue weighted by Crippen LogP contribution is -2.39. The Morgan fingerprint density at radius 2 is 1.82 bits per heavy atom. The Hall–Kier alpha value is -3.98. The number of carbonyl (C=O) groups is 1. The number of methoxy groups -OCH3 is 2. The molecule has 2 atom stereocenters. The van der Waals surface area contributed by atoms with E-state index in [1.807, 2.05) is 48.7 Å². The van der Waals surface area contributed by atoms with Gasteiger partial charge in [-0.15, -0.1) is 16.4 Å². The van der Waals surface area contributed by atoms with Crippen LogP contribution in [-0.2, 0) is 4.79 Å². The number of amides is 1. The summed E-state index contributed by atoms with van der Waals surface area (Å²) in [6.45, 7) is 1.85. The van der Waals surface area contributed by atoms with Gasteiger partial charge in [-0.1, -0.05) is 24.3 Å². The zero-order valence-corrected chi connectivity index (χ0v) is 19.7. The summed E-state index contributed by atoms with van der Waals surface area (Å²) in [7, 11) is 3.22. The third-order valence-electron chi connectivity index (χ3n) is 5.76. The van der Waals surface area contributed by atoms with Crippen LogP contribution in [0.25, 0.3) is 10.7 Å². The van der Waals surface area contributed by atoms with Crippen molar-refractivity contribution in [2.45, 2.75) is 13.0 Å². The minimum atomic E-state index is -0.621. The second-order valence-electron chi connectivity index (χ2n) is 7.79. The Labute approximate surface area is 200 Å². The molecule has 8 nitrogen and oxygen atoms in total. The van der Waals surface area contributed by atoms with Crippen LogP contribution in [0.2, 0.25) is 0 Å². The van der Waals surface area contributed by atoms with Crippen molar-refractivity contribution in [3.8, 4) is 22.2 Å². The van der Waals surface area contributed by atoms with E-state index in [1.54, 1.807) is 54.5 Å². The van der Waals surface area contributed by atoms with E-state index in [0.29, 0.717) is 34.7 Å². The van der Waals surface area contributed by atoms with E-state index >= 15 is 0 Å². The minimum absolute atomic E-state index is 0.193. The fourth-order valence-corrected chi connectivity index (χ4v) is 4.79. The molecule has 3 heterocycles. The third kappa shape index (κ3) is 3.94. The van der Waals surface area contributed by atoms with Crippen LogP contribution in [0, 0.1) is 5.92 Å². The van der Waals surface area contributed by atoms with E-state index in [2.05, 4.69) is 15.3 Å². The number of benzene rings is 2. The molecule has 0 fully saturated rings. The number of ether oxygens (including phenoxy) is 2. The number of aliphatic imine (C=N–C) groups is 1. The van der Waals surface area contributed by atoms with Gasteiger partial charge in [0.25, 0.3) is 0 Å². The molecule has 1 aliphatic heterocycles. The van der Waals surface area contributed by atoms with Gasteiger partial charge in [0.15, 0.2) is 5.82 Å². The summed E-state index contributed by atoms with van der Waals surface area (Å²) < 4.78 is 12.6. The number of nitrogens with zero attached hydrogens (tertiary/aromatic N) is 4. The first-order chi connectivity index (χ1) is 16.6. The standard InChI is InChI=1S/C25H23N5O3S/c1-15-21(24(31)27-16-10-12-17(32-2)13-11-16)22(18-7-4-5-8-19(18)33-3)30-25(26-15)28-23(29-30)20-9-6-14-34-20/h4-14,21-22H,1-3H3,(H,27,31). The van der Waals surface area contributed by atoms with E-state index in [0.717, 1.165) is 10.4 Å². The van der Waals surface area contributed by atoms with Crippen molar-refractivity contribution in [1.29, 1.82) is 0 Å². The van der Waals surface area contributed by atoms with Crippen LogP contribution in [0.15, 0.2) is 71.0 Å². The van der Waals surface area contributed by atoms with E-state index in [-0.39, 0.29) is 5.91 Å². The van der Waals surface area contributed by atoms with Gasteiger partial charge in [0.1, 0.15) is 23.5 Å². The number of hydrogen-bond acceptors (Lipinski definition) is 7. The first-order valence-electron chi connectivity index (χ1n) is 10.7. The van der Waals surface area contributed by atoms with Crippen LogP contribution in [0.4, 0.5) is 11.6 Å². The van der Waals surface area contributed by atoms with Crippen molar-refractivity contribution in [3.05, 3.63) is 71.6 Å². The van der Waals surface area contributed by atoms with Crippen molar-refractivity contribution in [3.63, 3.8) is 0 Å². The second-order valence-corrected chi connectivity index (χ2v) is 8.74. The number of carbonyl (C=O) groups excluding carboxylic acids is 1. The summed E-state index contributed by atoms with van der Waals surface area (Å²) in [6, 6.07) is 18.3. The molecule has 0 saturated carbocycles. The molecule has 0 saturated heterocycles. The number of nitrogens with one attached hydrogen (secondary N) is 1. The van der Waals surface area contributed by atoms with Crippen LogP contribution >= 0.6 is 11.3 Å². The highest BCUT2D eigenvalue weighted by molar-refractivity contribution is 7.13. The molecule has 1 amide bonds. The summed E-state index contributed by atoms with van der Waals surface area (Å²) in [5.74, 6) is 1.62. The molecule has 34 heavy (non-hydrogen) atoms.